The van der Waals surface area contributed by atoms with E-state index in [1.54, 1.807) is 0 Å². The number of nitrogens with zero attached hydrogens (tertiary/aromatic N) is 3. The summed E-state index contributed by atoms with van der Waals surface area (Å²) in [6.07, 6.45) is 6.13. The van der Waals surface area contributed by atoms with Gasteiger partial charge < -0.3 is 5.32 Å². The highest BCUT2D eigenvalue weighted by molar-refractivity contribution is 5.85. The summed E-state index contributed by atoms with van der Waals surface area (Å²) >= 11 is 0. The average Bonchev–Trinajstić information content (AvgIpc) is 2.90. The monoisotopic (exact) mass is 284 g/mol. The molecule has 0 atom stereocenters. The Morgan fingerprint density at radius 2 is 2.05 bits per heavy atom. The minimum atomic E-state index is 0. The summed E-state index contributed by atoms with van der Waals surface area (Å²) in [5.74, 6) is 0. The molecule has 2 fully saturated rings. The van der Waals surface area contributed by atoms with Crippen LogP contribution < -0.4 is 5.32 Å². The van der Waals surface area contributed by atoms with Crippen molar-refractivity contribution in [1.29, 1.82) is 0 Å². The van der Waals surface area contributed by atoms with Gasteiger partial charge in [0.1, 0.15) is 0 Å². The standard InChI is InChI=1S/C14H24N4.ClH/c1-12-13(9-16-17(12)2)10-18-8-5-14(11-18)3-6-15-7-4-14;/h9,15H,3-8,10-11H2,1-2H3;1H. The van der Waals surface area contributed by atoms with Gasteiger partial charge in [-0.3, -0.25) is 9.58 Å². The molecule has 0 radical (unpaired) electrons. The number of likely N-dealkylation sites (tertiary alicyclic amines) is 1. The van der Waals surface area contributed by atoms with Crippen LogP contribution in [-0.2, 0) is 13.6 Å². The van der Waals surface area contributed by atoms with Crippen LogP contribution in [0.5, 0.6) is 0 Å². The molecule has 3 rings (SSSR count). The van der Waals surface area contributed by atoms with Crippen molar-refractivity contribution in [2.75, 3.05) is 26.2 Å². The van der Waals surface area contributed by atoms with E-state index in [0.717, 1.165) is 6.54 Å². The third-order valence-corrected chi connectivity index (χ3v) is 4.91. The lowest BCUT2D eigenvalue weighted by atomic mass is 9.78. The first-order valence-electron chi connectivity index (χ1n) is 7.09. The fourth-order valence-corrected chi connectivity index (χ4v) is 3.47. The average molecular weight is 285 g/mol. The van der Waals surface area contributed by atoms with Gasteiger partial charge in [-0.25, -0.2) is 0 Å². The van der Waals surface area contributed by atoms with Crippen molar-refractivity contribution in [2.45, 2.75) is 32.7 Å². The number of hydrogen-bond donors (Lipinski definition) is 1. The summed E-state index contributed by atoms with van der Waals surface area (Å²) in [5, 5.41) is 7.82. The van der Waals surface area contributed by atoms with E-state index < -0.39 is 0 Å². The zero-order chi connectivity index (χ0) is 12.6. The molecule has 1 N–H and O–H groups in total. The Kier molecular flexibility index (Phi) is 4.54. The predicted octanol–water partition coefficient (Wildman–Crippen LogP) is 1.73. The van der Waals surface area contributed by atoms with E-state index in [-0.39, 0.29) is 12.4 Å². The molecule has 108 valence electrons. The molecule has 0 saturated carbocycles. The van der Waals surface area contributed by atoms with E-state index in [1.807, 2.05) is 17.9 Å². The fraction of sp³-hybridized carbons (Fsp3) is 0.786. The summed E-state index contributed by atoms with van der Waals surface area (Å²) < 4.78 is 1.98. The molecule has 0 aromatic carbocycles. The number of hydrogen-bond acceptors (Lipinski definition) is 3. The van der Waals surface area contributed by atoms with Crippen molar-refractivity contribution in [3.8, 4) is 0 Å². The maximum absolute atomic E-state index is 4.34. The van der Waals surface area contributed by atoms with Gasteiger partial charge in [-0.2, -0.15) is 5.10 Å². The number of aromatic nitrogens is 2. The second kappa shape index (κ2) is 5.81. The number of piperidine rings is 1. The highest BCUT2D eigenvalue weighted by Gasteiger charge is 2.38. The molecule has 0 amide bonds. The SMILES string of the molecule is Cc1c(CN2CCC3(CCNCC3)C2)cnn1C.Cl. The molecule has 19 heavy (non-hydrogen) atoms. The Morgan fingerprint density at radius 3 is 2.68 bits per heavy atom. The van der Waals surface area contributed by atoms with Gasteiger partial charge in [-0.1, -0.05) is 0 Å². The Labute approximate surface area is 122 Å². The summed E-state index contributed by atoms with van der Waals surface area (Å²) in [5.41, 5.74) is 3.31. The molecule has 2 aliphatic rings. The Balaban J connectivity index is 0.00000133. The Bertz CT molecular complexity index is 423. The van der Waals surface area contributed by atoms with Crippen LogP contribution in [0.3, 0.4) is 0 Å². The van der Waals surface area contributed by atoms with Crippen LogP contribution in [0.2, 0.25) is 0 Å². The molecule has 2 saturated heterocycles. The van der Waals surface area contributed by atoms with Crippen LogP contribution in [0.25, 0.3) is 0 Å². The van der Waals surface area contributed by atoms with Crippen LogP contribution in [0.15, 0.2) is 6.20 Å². The zero-order valence-electron chi connectivity index (χ0n) is 12.0. The van der Waals surface area contributed by atoms with Crippen molar-refractivity contribution in [3.05, 3.63) is 17.5 Å². The maximum Gasteiger partial charge on any atom is 0.0537 e. The summed E-state index contributed by atoms with van der Waals surface area (Å²) in [4.78, 5) is 2.62. The lowest BCUT2D eigenvalue weighted by Crippen LogP contribution is -2.38. The highest BCUT2D eigenvalue weighted by Crippen LogP contribution is 2.39. The van der Waals surface area contributed by atoms with E-state index >= 15 is 0 Å². The Morgan fingerprint density at radius 1 is 1.32 bits per heavy atom. The number of halogens is 1. The first-order chi connectivity index (χ1) is 8.69. The van der Waals surface area contributed by atoms with E-state index in [0.29, 0.717) is 5.41 Å². The van der Waals surface area contributed by atoms with Gasteiger partial charge in [-0.15, -0.1) is 12.4 Å². The molecule has 3 heterocycles. The largest absolute Gasteiger partial charge is 0.317 e. The molecule has 0 bridgehead atoms. The van der Waals surface area contributed by atoms with Gasteiger partial charge in [0.25, 0.3) is 0 Å². The van der Waals surface area contributed by atoms with Crippen molar-refractivity contribution in [3.63, 3.8) is 0 Å². The van der Waals surface area contributed by atoms with Crippen LogP contribution in [0.1, 0.15) is 30.5 Å². The smallest absolute Gasteiger partial charge is 0.0537 e. The number of nitrogens with one attached hydrogen (secondary N) is 1. The van der Waals surface area contributed by atoms with E-state index in [2.05, 4.69) is 22.2 Å². The fourth-order valence-electron chi connectivity index (χ4n) is 3.47. The normalized spacial score (nSPS) is 22.6. The molecule has 0 unspecified atom stereocenters. The van der Waals surface area contributed by atoms with Crippen molar-refractivity contribution >= 4 is 12.4 Å². The molecule has 1 aromatic heterocycles. The van der Waals surface area contributed by atoms with E-state index in [9.17, 15) is 0 Å². The van der Waals surface area contributed by atoms with Gasteiger partial charge in [-0.05, 0) is 51.2 Å². The molecule has 4 nitrogen and oxygen atoms in total. The molecule has 0 aliphatic carbocycles. The molecule has 1 spiro atoms. The summed E-state index contributed by atoms with van der Waals surface area (Å²) in [6.45, 7) is 8.20. The molecular formula is C14H25ClN4. The lowest BCUT2D eigenvalue weighted by molar-refractivity contribution is 0.194. The molecule has 2 aliphatic heterocycles. The third kappa shape index (κ3) is 2.96. The van der Waals surface area contributed by atoms with Crippen molar-refractivity contribution in [1.82, 2.24) is 20.0 Å². The van der Waals surface area contributed by atoms with Gasteiger partial charge in [0.2, 0.25) is 0 Å². The number of aryl methyl sites for hydroxylation is 1. The van der Waals surface area contributed by atoms with E-state index in [1.165, 1.54) is 56.7 Å². The second-order valence-electron chi connectivity index (χ2n) is 6.09. The zero-order valence-corrected chi connectivity index (χ0v) is 12.8. The summed E-state index contributed by atoms with van der Waals surface area (Å²) in [6, 6.07) is 0. The van der Waals surface area contributed by atoms with Crippen molar-refractivity contribution < 1.29 is 0 Å². The van der Waals surface area contributed by atoms with Crippen LogP contribution in [0, 0.1) is 12.3 Å². The maximum atomic E-state index is 4.34. The Hall–Kier alpha value is -0.580. The van der Waals surface area contributed by atoms with Gasteiger partial charge in [0, 0.05) is 31.4 Å². The van der Waals surface area contributed by atoms with Crippen molar-refractivity contribution in [2.24, 2.45) is 12.5 Å². The van der Waals surface area contributed by atoms with E-state index in [4.69, 9.17) is 0 Å². The topological polar surface area (TPSA) is 33.1 Å². The summed E-state index contributed by atoms with van der Waals surface area (Å²) in [7, 11) is 2.02. The molecular weight excluding hydrogens is 260 g/mol. The van der Waals surface area contributed by atoms with Gasteiger partial charge in [0.05, 0.1) is 6.20 Å². The highest BCUT2D eigenvalue weighted by atomic mass is 35.5. The minimum Gasteiger partial charge on any atom is -0.317 e. The third-order valence-electron chi connectivity index (χ3n) is 4.91. The van der Waals surface area contributed by atoms with Gasteiger partial charge >= 0.3 is 0 Å². The second-order valence-corrected chi connectivity index (χ2v) is 6.09. The number of rotatable bonds is 2. The molecule has 5 heteroatoms. The van der Waals surface area contributed by atoms with Gasteiger partial charge in [0.15, 0.2) is 0 Å². The first kappa shape index (κ1) is 14.8. The minimum absolute atomic E-state index is 0. The molecule has 1 aromatic rings. The van der Waals surface area contributed by atoms with Crippen LogP contribution >= 0.6 is 12.4 Å². The van der Waals surface area contributed by atoms with Crippen LogP contribution in [-0.4, -0.2) is 40.9 Å². The first-order valence-corrected chi connectivity index (χ1v) is 7.09. The predicted molar refractivity (Wildman–Crippen MR) is 79.6 cm³/mol. The van der Waals surface area contributed by atoms with Crippen LogP contribution in [0.4, 0.5) is 0 Å². The quantitative estimate of drug-likeness (QED) is 0.898. The lowest BCUT2D eigenvalue weighted by Gasteiger charge is -2.33.